The zero-order chi connectivity index (χ0) is 13.3. The lowest BCUT2D eigenvalue weighted by Gasteiger charge is -2.08. The Labute approximate surface area is 110 Å². The predicted molar refractivity (Wildman–Crippen MR) is 63.5 cm³/mol. The molecule has 0 saturated heterocycles. The smallest absolute Gasteiger partial charge is 0.240 e. The molecular formula is C10H9BrFN3O3. The normalized spacial score (nSPS) is 10.7. The van der Waals surface area contributed by atoms with Crippen molar-refractivity contribution in [2.75, 3.05) is 7.11 Å². The van der Waals surface area contributed by atoms with Gasteiger partial charge in [-0.05, 0) is 22.0 Å². The second kappa shape index (κ2) is 4.91. The standard InChI is InChI=1S/C10H9BrFN3O3/c1-17-9-7(12)5(11)2-4(8(9)16)10-14-6(3-13)18-15-10/h2,16H,3,13H2,1H3. The molecule has 0 aliphatic carbocycles. The maximum atomic E-state index is 13.6. The van der Waals surface area contributed by atoms with Crippen molar-refractivity contribution >= 4 is 15.9 Å². The van der Waals surface area contributed by atoms with Crippen molar-refractivity contribution in [3.8, 4) is 22.9 Å². The number of hydrogen-bond donors (Lipinski definition) is 2. The minimum absolute atomic E-state index is 0.0766. The molecule has 0 amide bonds. The number of phenols is 1. The SMILES string of the molecule is COc1c(O)c(-c2noc(CN)n2)cc(Br)c1F. The average molecular weight is 318 g/mol. The first-order valence-electron chi connectivity index (χ1n) is 4.86. The molecule has 0 aliphatic heterocycles. The molecule has 1 aromatic heterocycles. The molecule has 96 valence electrons. The fourth-order valence-electron chi connectivity index (χ4n) is 1.40. The number of benzene rings is 1. The van der Waals surface area contributed by atoms with Crippen LogP contribution in [-0.4, -0.2) is 22.4 Å². The number of aromatic hydroxyl groups is 1. The lowest BCUT2D eigenvalue weighted by atomic mass is 10.1. The molecule has 2 aromatic rings. The topological polar surface area (TPSA) is 94.4 Å². The zero-order valence-electron chi connectivity index (χ0n) is 9.28. The van der Waals surface area contributed by atoms with E-state index in [2.05, 4.69) is 26.1 Å². The summed E-state index contributed by atoms with van der Waals surface area (Å²) in [6.07, 6.45) is 0. The van der Waals surface area contributed by atoms with Gasteiger partial charge in [0.15, 0.2) is 17.3 Å². The predicted octanol–water partition coefficient (Wildman–Crippen LogP) is 1.81. The minimum Gasteiger partial charge on any atom is -0.504 e. The molecule has 0 saturated carbocycles. The van der Waals surface area contributed by atoms with Crippen molar-refractivity contribution in [1.29, 1.82) is 0 Å². The van der Waals surface area contributed by atoms with Gasteiger partial charge < -0.3 is 20.1 Å². The molecule has 1 aromatic carbocycles. The van der Waals surface area contributed by atoms with Crippen LogP contribution < -0.4 is 10.5 Å². The quantitative estimate of drug-likeness (QED) is 0.896. The first kappa shape index (κ1) is 12.8. The summed E-state index contributed by atoms with van der Waals surface area (Å²) in [6, 6.07) is 1.33. The Bertz CT molecular complexity index is 588. The van der Waals surface area contributed by atoms with Crippen LogP contribution in [0, 0.1) is 5.82 Å². The van der Waals surface area contributed by atoms with E-state index >= 15 is 0 Å². The van der Waals surface area contributed by atoms with E-state index in [1.165, 1.54) is 13.2 Å². The third-order valence-electron chi connectivity index (χ3n) is 2.24. The summed E-state index contributed by atoms with van der Waals surface area (Å²) in [4.78, 5) is 3.94. The summed E-state index contributed by atoms with van der Waals surface area (Å²) in [5.41, 5.74) is 5.52. The molecule has 0 aliphatic rings. The third-order valence-corrected chi connectivity index (χ3v) is 2.82. The second-order valence-electron chi connectivity index (χ2n) is 3.32. The van der Waals surface area contributed by atoms with Gasteiger partial charge in [-0.15, -0.1) is 0 Å². The fourth-order valence-corrected chi connectivity index (χ4v) is 1.81. The molecule has 0 spiro atoms. The average Bonchev–Trinajstić information content (AvgIpc) is 2.83. The molecule has 2 rings (SSSR count). The highest BCUT2D eigenvalue weighted by Gasteiger charge is 2.21. The van der Waals surface area contributed by atoms with Gasteiger partial charge in [0.05, 0.1) is 23.7 Å². The summed E-state index contributed by atoms with van der Waals surface area (Å²) in [6.45, 7) is 0.0766. The van der Waals surface area contributed by atoms with E-state index in [1.807, 2.05) is 0 Å². The van der Waals surface area contributed by atoms with Crippen molar-refractivity contribution in [1.82, 2.24) is 10.1 Å². The van der Waals surface area contributed by atoms with Crippen LogP contribution in [0.15, 0.2) is 15.1 Å². The second-order valence-corrected chi connectivity index (χ2v) is 4.17. The highest BCUT2D eigenvalue weighted by Crippen LogP contribution is 2.41. The van der Waals surface area contributed by atoms with Crippen LogP contribution in [0.2, 0.25) is 0 Å². The van der Waals surface area contributed by atoms with Gasteiger partial charge in [0.1, 0.15) is 0 Å². The summed E-state index contributed by atoms with van der Waals surface area (Å²) >= 11 is 3.02. The molecule has 3 N–H and O–H groups in total. The van der Waals surface area contributed by atoms with Crippen molar-refractivity contribution in [3.05, 3.63) is 22.2 Å². The summed E-state index contributed by atoms with van der Waals surface area (Å²) < 4.78 is 23.3. The zero-order valence-corrected chi connectivity index (χ0v) is 10.9. The maximum absolute atomic E-state index is 13.6. The Morgan fingerprint density at radius 3 is 2.89 bits per heavy atom. The number of phenolic OH excluding ortho intramolecular Hbond substituents is 1. The molecule has 8 heteroatoms. The molecule has 1 heterocycles. The van der Waals surface area contributed by atoms with Crippen LogP contribution in [0.5, 0.6) is 11.5 Å². The largest absolute Gasteiger partial charge is 0.504 e. The Hall–Kier alpha value is -1.67. The van der Waals surface area contributed by atoms with Crippen molar-refractivity contribution in [2.24, 2.45) is 5.73 Å². The molecular weight excluding hydrogens is 309 g/mol. The van der Waals surface area contributed by atoms with E-state index < -0.39 is 11.6 Å². The molecule has 0 atom stereocenters. The molecule has 0 fully saturated rings. The number of nitrogens with two attached hydrogens (primary N) is 1. The number of rotatable bonds is 3. The Morgan fingerprint density at radius 1 is 1.61 bits per heavy atom. The first-order valence-corrected chi connectivity index (χ1v) is 5.65. The number of aromatic nitrogens is 2. The van der Waals surface area contributed by atoms with Crippen molar-refractivity contribution in [2.45, 2.75) is 6.54 Å². The Balaban J connectivity index is 2.60. The molecule has 0 bridgehead atoms. The molecule has 0 unspecified atom stereocenters. The molecule has 0 radical (unpaired) electrons. The van der Waals surface area contributed by atoms with Gasteiger partial charge in [-0.2, -0.15) is 4.98 Å². The van der Waals surface area contributed by atoms with E-state index in [0.717, 1.165) is 0 Å². The number of halogens is 2. The van der Waals surface area contributed by atoms with Crippen LogP contribution in [-0.2, 0) is 6.54 Å². The van der Waals surface area contributed by atoms with Gasteiger partial charge in [0.2, 0.25) is 11.7 Å². The third kappa shape index (κ3) is 2.04. The van der Waals surface area contributed by atoms with E-state index in [4.69, 9.17) is 15.0 Å². The summed E-state index contributed by atoms with van der Waals surface area (Å²) in [5.74, 6) is -1.09. The van der Waals surface area contributed by atoms with Crippen LogP contribution >= 0.6 is 15.9 Å². The van der Waals surface area contributed by atoms with E-state index in [-0.39, 0.29) is 34.0 Å². The van der Waals surface area contributed by atoms with Gasteiger partial charge in [0.25, 0.3) is 0 Å². The Morgan fingerprint density at radius 2 is 2.33 bits per heavy atom. The molecule has 18 heavy (non-hydrogen) atoms. The van der Waals surface area contributed by atoms with E-state index in [9.17, 15) is 9.50 Å². The van der Waals surface area contributed by atoms with Crippen LogP contribution in [0.1, 0.15) is 5.89 Å². The van der Waals surface area contributed by atoms with Crippen LogP contribution in [0.3, 0.4) is 0 Å². The summed E-state index contributed by atoms with van der Waals surface area (Å²) in [7, 11) is 1.25. The first-order chi connectivity index (χ1) is 8.58. The van der Waals surface area contributed by atoms with Crippen molar-refractivity contribution < 1.29 is 18.8 Å². The lowest BCUT2D eigenvalue weighted by molar-refractivity contribution is 0.350. The van der Waals surface area contributed by atoms with Gasteiger partial charge in [0, 0.05) is 0 Å². The van der Waals surface area contributed by atoms with Crippen LogP contribution in [0.25, 0.3) is 11.4 Å². The van der Waals surface area contributed by atoms with E-state index in [1.54, 1.807) is 0 Å². The lowest BCUT2D eigenvalue weighted by Crippen LogP contribution is -1.96. The van der Waals surface area contributed by atoms with Gasteiger partial charge in [-0.1, -0.05) is 5.16 Å². The van der Waals surface area contributed by atoms with Gasteiger partial charge in [-0.25, -0.2) is 4.39 Å². The maximum Gasteiger partial charge on any atom is 0.240 e. The van der Waals surface area contributed by atoms with Crippen molar-refractivity contribution in [3.63, 3.8) is 0 Å². The number of hydrogen-bond acceptors (Lipinski definition) is 6. The van der Waals surface area contributed by atoms with Gasteiger partial charge >= 0.3 is 0 Å². The number of nitrogens with zero attached hydrogens (tertiary/aromatic N) is 2. The number of methoxy groups -OCH3 is 1. The Kier molecular flexibility index (Phi) is 3.48. The highest BCUT2D eigenvalue weighted by molar-refractivity contribution is 9.10. The monoisotopic (exact) mass is 317 g/mol. The number of ether oxygens (including phenoxy) is 1. The minimum atomic E-state index is -0.707. The molecule has 6 nitrogen and oxygen atoms in total. The fraction of sp³-hybridized carbons (Fsp3) is 0.200. The van der Waals surface area contributed by atoms with E-state index in [0.29, 0.717) is 0 Å². The van der Waals surface area contributed by atoms with Gasteiger partial charge in [-0.3, -0.25) is 0 Å². The highest BCUT2D eigenvalue weighted by atomic mass is 79.9. The summed E-state index contributed by atoms with van der Waals surface area (Å²) in [5, 5.41) is 13.5. The van der Waals surface area contributed by atoms with Crippen LogP contribution in [0.4, 0.5) is 4.39 Å².